The highest BCUT2D eigenvalue weighted by Gasteiger charge is 2.53. The Hall–Kier alpha value is -5.02. The summed E-state index contributed by atoms with van der Waals surface area (Å²) in [6, 6.07) is 21.5. The third-order valence-electron chi connectivity index (χ3n) is 6.59. The van der Waals surface area contributed by atoms with Crippen LogP contribution in [-0.2, 0) is 29.0 Å². The lowest BCUT2D eigenvalue weighted by molar-refractivity contribution is -0.125. The number of azide groups is 2. The van der Waals surface area contributed by atoms with Gasteiger partial charge in [0, 0.05) is 34.8 Å². The molecule has 4 rings (SSSR count). The molecule has 12 nitrogen and oxygen atoms in total. The molecule has 3 aromatic carbocycles. The molecule has 1 heterocycles. The summed E-state index contributed by atoms with van der Waals surface area (Å²) in [6.45, 7) is 0.544. The van der Waals surface area contributed by atoms with E-state index in [1.165, 1.54) is 0 Å². The van der Waals surface area contributed by atoms with Crippen LogP contribution in [0, 0.1) is 0 Å². The molecular weight excluding hydrogens is 512 g/mol. The minimum absolute atomic E-state index is 0.0342. The number of amides is 1. The molecule has 3 N–H and O–H groups in total. The number of hydrogen-bond donors (Lipinski definition) is 2. The first-order valence-corrected chi connectivity index (χ1v) is 12.6. The molecule has 0 saturated carbocycles. The molecule has 3 aromatic rings. The zero-order valence-corrected chi connectivity index (χ0v) is 21.6. The molecule has 1 aliphatic rings. The van der Waals surface area contributed by atoms with Gasteiger partial charge < -0.3 is 20.3 Å². The number of benzene rings is 3. The van der Waals surface area contributed by atoms with Crippen LogP contribution in [0.1, 0.15) is 40.3 Å². The minimum Gasteiger partial charge on any atom is -0.494 e. The van der Waals surface area contributed by atoms with Gasteiger partial charge in [0.15, 0.2) is 11.6 Å². The fourth-order valence-electron chi connectivity index (χ4n) is 4.60. The number of hydrogen-bond acceptors (Lipinski definition) is 7. The number of carbonyl (C=O) groups excluding carboxylic acids is 1. The van der Waals surface area contributed by atoms with Crippen molar-refractivity contribution < 1.29 is 19.4 Å². The average molecular weight is 541 g/mol. The molecule has 2 atom stereocenters. The molecule has 12 heteroatoms. The van der Waals surface area contributed by atoms with Gasteiger partial charge in [0.25, 0.3) is 0 Å². The van der Waals surface area contributed by atoms with Gasteiger partial charge in [-0.1, -0.05) is 58.8 Å². The highest BCUT2D eigenvalue weighted by atomic mass is 16.5. The largest absolute Gasteiger partial charge is 0.494 e. The lowest BCUT2D eigenvalue weighted by Gasteiger charge is -2.30. The van der Waals surface area contributed by atoms with Crippen molar-refractivity contribution in [2.24, 2.45) is 21.0 Å². The first-order chi connectivity index (χ1) is 19.5. The maximum atomic E-state index is 13.4. The fourth-order valence-corrected chi connectivity index (χ4v) is 4.60. The molecular formula is C28H28N8O4. The lowest BCUT2D eigenvalue weighted by atomic mass is 9.80. The Labute approximate surface area is 230 Å². The third-order valence-corrected chi connectivity index (χ3v) is 6.59. The number of aliphatic hydroxyl groups is 1. The van der Waals surface area contributed by atoms with Crippen molar-refractivity contribution in [1.82, 2.24) is 0 Å². The van der Waals surface area contributed by atoms with Crippen molar-refractivity contribution >= 4 is 11.8 Å². The van der Waals surface area contributed by atoms with Crippen LogP contribution in [-0.4, -0.2) is 35.7 Å². The van der Waals surface area contributed by atoms with Crippen LogP contribution in [0.15, 0.2) is 88.0 Å². The molecule has 1 amide bonds. The van der Waals surface area contributed by atoms with Gasteiger partial charge in [-0.15, -0.1) is 0 Å². The summed E-state index contributed by atoms with van der Waals surface area (Å²) in [4.78, 5) is 23.9. The molecule has 0 unspecified atom stereocenters. The second-order valence-corrected chi connectivity index (χ2v) is 9.08. The monoisotopic (exact) mass is 540 g/mol. The van der Waals surface area contributed by atoms with Gasteiger partial charge in [-0.3, -0.25) is 4.79 Å². The normalized spacial score (nSPS) is 17.6. The number of aliphatic imine (C=N–C) groups is 1. The van der Waals surface area contributed by atoms with E-state index in [1.807, 2.05) is 24.3 Å². The van der Waals surface area contributed by atoms with Crippen molar-refractivity contribution in [2.45, 2.75) is 37.6 Å². The van der Waals surface area contributed by atoms with Crippen LogP contribution in [0.5, 0.6) is 5.75 Å². The average Bonchev–Trinajstić information content (AvgIpc) is 3.36. The quantitative estimate of drug-likeness (QED) is 0.133. The Morgan fingerprint density at radius 3 is 2.25 bits per heavy atom. The zero-order valence-electron chi connectivity index (χ0n) is 21.6. The first-order valence-electron chi connectivity index (χ1n) is 12.6. The highest BCUT2D eigenvalue weighted by molar-refractivity contribution is 6.00. The molecule has 0 radical (unpaired) electrons. The van der Waals surface area contributed by atoms with E-state index in [9.17, 15) is 4.79 Å². The van der Waals surface area contributed by atoms with Crippen LogP contribution >= 0.6 is 0 Å². The van der Waals surface area contributed by atoms with Crippen molar-refractivity contribution in [3.8, 4) is 5.75 Å². The van der Waals surface area contributed by atoms with Gasteiger partial charge in [-0.05, 0) is 57.6 Å². The maximum Gasteiger partial charge on any atom is 0.250 e. The van der Waals surface area contributed by atoms with E-state index in [0.29, 0.717) is 35.5 Å². The Bertz CT molecular complexity index is 1480. The van der Waals surface area contributed by atoms with Crippen molar-refractivity contribution in [3.63, 3.8) is 0 Å². The van der Waals surface area contributed by atoms with E-state index in [1.54, 1.807) is 48.5 Å². The number of primary amides is 1. The van der Waals surface area contributed by atoms with Crippen LogP contribution in [0.2, 0.25) is 0 Å². The van der Waals surface area contributed by atoms with E-state index < -0.39 is 17.6 Å². The van der Waals surface area contributed by atoms with Gasteiger partial charge in [0.1, 0.15) is 5.75 Å². The van der Waals surface area contributed by atoms with Gasteiger partial charge >= 0.3 is 0 Å². The smallest absolute Gasteiger partial charge is 0.250 e. The summed E-state index contributed by atoms with van der Waals surface area (Å²) in [7, 11) is 0. The molecule has 40 heavy (non-hydrogen) atoms. The van der Waals surface area contributed by atoms with Crippen LogP contribution < -0.4 is 10.5 Å². The standard InChI is InChI=1S/C28H28N8O4/c29-27(38)28(16-20-6-1-2-7-21(20)17-32-35-30)25(24-9-4-3-8-22(24)18-33-36-31)40-26(34-28)19-10-12-23(13-11-19)39-15-5-14-37/h1-4,6-13,25,37H,5,14-18H2,(H2,29,38)/t25-,28-/m1/s1. The second kappa shape index (κ2) is 13.2. The molecule has 1 aliphatic heterocycles. The van der Waals surface area contributed by atoms with E-state index in [4.69, 9.17) is 36.4 Å². The van der Waals surface area contributed by atoms with Gasteiger partial charge in [0.2, 0.25) is 11.8 Å². The summed E-state index contributed by atoms with van der Waals surface area (Å²) in [5.74, 6) is 0.130. The summed E-state index contributed by atoms with van der Waals surface area (Å²) in [5.41, 5.74) is 25.7. The van der Waals surface area contributed by atoms with E-state index in [2.05, 4.69) is 20.1 Å². The van der Waals surface area contributed by atoms with Crippen molar-refractivity contribution in [2.75, 3.05) is 13.2 Å². The zero-order chi connectivity index (χ0) is 28.4. The number of ether oxygens (including phenoxy) is 2. The SMILES string of the molecule is [N-]=[N+]=NCc1ccccc1C[C@@]1(C(N)=O)N=C(c2ccc(OCCCO)cc2)O[C@@H]1c1ccccc1CN=[N+]=[N-]. The predicted molar refractivity (Wildman–Crippen MR) is 148 cm³/mol. The number of nitrogens with two attached hydrogens (primary N) is 1. The van der Waals surface area contributed by atoms with Gasteiger partial charge in [-0.2, -0.15) is 0 Å². The number of aliphatic hydroxyl groups excluding tert-OH is 1. The Morgan fingerprint density at radius 1 is 0.975 bits per heavy atom. The van der Waals surface area contributed by atoms with Crippen molar-refractivity contribution in [1.29, 1.82) is 0 Å². The Kier molecular flexibility index (Phi) is 9.22. The Balaban J connectivity index is 1.81. The van der Waals surface area contributed by atoms with E-state index in [0.717, 1.165) is 11.1 Å². The topological polar surface area (TPSA) is 192 Å². The number of rotatable bonds is 13. The first kappa shape index (κ1) is 28.0. The van der Waals surface area contributed by atoms with Gasteiger partial charge in [0.05, 0.1) is 19.7 Å². The maximum absolute atomic E-state index is 13.4. The predicted octanol–water partition coefficient (Wildman–Crippen LogP) is 5.05. The second-order valence-electron chi connectivity index (χ2n) is 9.08. The minimum atomic E-state index is -1.56. The summed E-state index contributed by atoms with van der Waals surface area (Å²) < 4.78 is 12.0. The Morgan fingerprint density at radius 2 is 1.60 bits per heavy atom. The highest BCUT2D eigenvalue weighted by Crippen LogP contribution is 2.43. The summed E-state index contributed by atoms with van der Waals surface area (Å²) >= 11 is 0. The molecule has 0 aliphatic carbocycles. The molecule has 204 valence electrons. The lowest BCUT2D eigenvalue weighted by Crippen LogP contribution is -2.47. The molecule has 0 saturated heterocycles. The summed E-state index contributed by atoms with van der Waals surface area (Å²) in [6.07, 6.45) is -0.346. The van der Waals surface area contributed by atoms with Crippen LogP contribution in [0.3, 0.4) is 0 Å². The van der Waals surface area contributed by atoms with E-state index in [-0.39, 0.29) is 32.0 Å². The van der Waals surface area contributed by atoms with Crippen molar-refractivity contribution in [3.05, 3.63) is 121 Å². The third kappa shape index (κ3) is 6.16. The van der Waals surface area contributed by atoms with Crippen LogP contribution in [0.25, 0.3) is 20.9 Å². The molecule has 0 aromatic heterocycles. The van der Waals surface area contributed by atoms with Gasteiger partial charge in [-0.25, -0.2) is 4.99 Å². The molecule has 0 spiro atoms. The van der Waals surface area contributed by atoms with E-state index >= 15 is 0 Å². The fraction of sp³-hybridized carbons (Fsp3) is 0.286. The summed E-state index contributed by atoms with van der Waals surface area (Å²) in [5, 5.41) is 16.4. The number of carbonyl (C=O) groups is 1. The number of nitrogens with zero attached hydrogens (tertiary/aromatic N) is 7. The molecule has 0 bridgehead atoms. The van der Waals surface area contributed by atoms with Crippen LogP contribution in [0.4, 0.5) is 0 Å². The molecule has 0 fully saturated rings.